The molecule has 0 N–H and O–H groups in total. The third kappa shape index (κ3) is 6.80. The van der Waals surface area contributed by atoms with Crippen LogP contribution in [-0.2, 0) is 23.6 Å². The first kappa shape index (κ1) is 19.8. The molecule has 0 saturated heterocycles. The average Bonchev–Trinajstić information content (AvgIpc) is 3.21. The normalized spacial score (nSPS) is 9.91. The smallest absolute Gasteiger partial charge is 0.313 e. The van der Waals surface area contributed by atoms with Gasteiger partial charge in [-0.3, -0.25) is 0 Å². The second-order valence-electron chi connectivity index (χ2n) is 5.44. The summed E-state index contributed by atoms with van der Waals surface area (Å²) in [7, 11) is 4.19. The number of thioether (sulfide) groups is 1. The molecule has 0 aliphatic carbocycles. The predicted octanol–water partition coefficient (Wildman–Crippen LogP) is 5.26. The van der Waals surface area contributed by atoms with Crippen LogP contribution in [0, 0.1) is 0 Å². The van der Waals surface area contributed by atoms with Crippen LogP contribution < -0.4 is 0 Å². The van der Waals surface area contributed by atoms with Crippen LogP contribution in [0.3, 0.4) is 0 Å². The summed E-state index contributed by atoms with van der Waals surface area (Å²) in [5.41, 5.74) is 3.99. The summed E-state index contributed by atoms with van der Waals surface area (Å²) < 4.78 is 0. The maximum Gasteiger partial charge on any atom is 2.00 e. The van der Waals surface area contributed by atoms with Crippen LogP contribution in [0.1, 0.15) is 5.56 Å². The fourth-order valence-electron chi connectivity index (χ4n) is 2.24. The molecule has 1 nitrogen and oxygen atoms in total. The van der Waals surface area contributed by atoms with Gasteiger partial charge in [0, 0.05) is 0 Å². The van der Waals surface area contributed by atoms with Crippen molar-refractivity contribution in [3.05, 3.63) is 78.4 Å². The number of rotatable bonds is 4. The van der Waals surface area contributed by atoms with Crippen LogP contribution in [0.4, 0.5) is 0 Å². The van der Waals surface area contributed by atoms with E-state index >= 15 is 0 Å². The van der Waals surface area contributed by atoms with Crippen LogP contribution in [0.2, 0.25) is 0 Å². The van der Waals surface area contributed by atoms with E-state index < -0.39 is 0 Å². The van der Waals surface area contributed by atoms with Crippen LogP contribution in [0.15, 0.2) is 77.7 Å². The minimum absolute atomic E-state index is 0. The summed E-state index contributed by atoms with van der Waals surface area (Å²) in [6.07, 6.45) is 2.10. The molecule has 0 atom stereocenters. The van der Waals surface area contributed by atoms with Crippen molar-refractivity contribution in [3.63, 3.8) is 0 Å². The Bertz CT molecular complexity index is 621. The second-order valence-corrected chi connectivity index (χ2v) is 6.32. The summed E-state index contributed by atoms with van der Waals surface area (Å²) in [6.45, 7) is 1.00. The number of hydrogen-bond donors (Lipinski definition) is 0. The van der Waals surface area contributed by atoms with Gasteiger partial charge < -0.3 is 4.90 Å². The van der Waals surface area contributed by atoms with Crippen molar-refractivity contribution in [2.24, 2.45) is 0 Å². The summed E-state index contributed by atoms with van der Waals surface area (Å²) >= 11 is 1.78. The Kier molecular flexibility index (Phi) is 9.05. The van der Waals surface area contributed by atoms with Gasteiger partial charge in [-0.25, -0.2) is 12.1 Å². The maximum absolute atomic E-state index is 2.27. The number of nitrogens with zero attached hydrogens (tertiary/aromatic N) is 1. The van der Waals surface area contributed by atoms with Crippen molar-refractivity contribution >= 4 is 11.8 Å². The van der Waals surface area contributed by atoms with Crippen LogP contribution in [0.25, 0.3) is 11.1 Å². The maximum atomic E-state index is 2.27. The predicted molar refractivity (Wildman–Crippen MR) is 98.7 cm³/mol. The summed E-state index contributed by atoms with van der Waals surface area (Å²) in [5.74, 6) is 0. The molecule has 0 saturated carbocycles. The van der Waals surface area contributed by atoms with Gasteiger partial charge in [-0.05, 0) is 31.8 Å². The molecule has 0 aliphatic rings. The Labute approximate surface area is 154 Å². The van der Waals surface area contributed by atoms with Gasteiger partial charge in [0.05, 0.1) is 0 Å². The molecule has 23 heavy (non-hydrogen) atoms. The first-order chi connectivity index (χ1) is 10.7. The first-order valence-electron chi connectivity index (χ1n) is 7.40. The zero-order chi connectivity index (χ0) is 15.8. The van der Waals surface area contributed by atoms with Gasteiger partial charge in [0.15, 0.2) is 0 Å². The monoisotopic (exact) mass is 365 g/mol. The van der Waals surface area contributed by atoms with E-state index in [1.165, 1.54) is 21.6 Å². The molecule has 0 unspecified atom stereocenters. The standard InChI is InChI=1S/C15H18NS.C5H5.Fe/c1-16(2)11-12-4-5-14(10-12)13-6-8-15(17-3)9-7-13;1-2-4-5-3-1;/h4-10H,11H2,1-3H3;1-5H;/q2*-1;+2. The van der Waals surface area contributed by atoms with Gasteiger partial charge >= 0.3 is 17.1 Å². The summed E-state index contributed by atoms with van der Waals surface area (Å²) in [6, 6.07) is 25.4. The molecule has 0 aromatic heterocycles. The molecule has 0 bridgehead atoms. The molecule has 0 amide bonds. The van der Waals surface area contributed by atoms with Crippen molar-refractivity contribution in [1.82, 2.24) is 4.90 Å². The number of benzene rings is 1. The topological polar surface area (TPSA) is 3.24 Å². The van der Waals surface area contributed by atoms with Crippen LogP contribution in [0.5, 0.6) is 0 Å². The van der Waals surface area contributed by atoms with E-state index in [1.54, 1.807) is 11.8 Å². The molecule has 0 fully saturated rings. The molecule has 3 heteroatoms. The molecule has 3 aromatic carbocycles. The van der Waals surface area contributed by atoms with E-state index in [-0.39, 0.29) is 17.1 Å². The van der Waals surface area contributed by atoms with E-state index in [9.17, 15) is 0 Å². The van der Waals surface area contributed by atoms with Crippen LogP contribution in [-0.4, -0.2) is 25.3 Å². The van der Waals surface area contributed by atoms with Crippen molar-refractivity contribution < 1.29 is 17.1 Å². The average molecular weight is 365 g/mol. The SMILES string of the molecule is CSc1ccc(-[c-]2ccc(CN(C)C)c2)cc1.[Fe+2].c1cc[cH-]c1. The largest absolute Gasteiger partial charge is 2.00 e. The fraction of sp³-hybridized carbons (Fsp3) is 0.200. The summed E-state index contributed by atoms with van der Waals surface area (Å²) in [5, 5.41) is 0. The molecule has 0 heterocycles. The number of hydrogen-bond acceptors (Lipinski definition) is 2. The minimum Gasteiger partial charge on any atom is -0.313 e. The van der Waals surface area contributed by atoms with Crippen molar-refractivity contribution in [3.8, 4) is 11.1 Å². The molecular weight excluding hydrogens is 342 g/mol. The van der Waals surface area contributed by atoms with E-state index in [0.29, 0.717) is 0 Å². The quantitative estimate of drug-likeness (QED) is 0.353. The Morgan fingerprint density at radius 1 is 1.04 bits per heavy atom. The minimum atomic E-state index is 0. The van der Waals surface area contributed by atoms with Gasteiger partial charge in [-0.15, -0.1) is 53.2 Å². The van der Waals surface area contributed by atoms with E-state index in [1.807, 2.05) is 30.3 Å². The molecule has 122 valence electrons. The fourth-order valence-corrected chi connectivity index (χ4v) is 2.65. The van der Waals surface area contributed by atoms with Gasteiger partial charge in [0.1, 0.15) is 0 Å². The molecule has 3 rings (SSSR count). The summed E-state index contributed by atoms with van der Waals surface area (Å²) in [4.78, 5) is 3.50. The Morgan fingerprint density at radius 2 is 1.70 bits per heavy atom. The molecule has 0 spiro atoms. The van der Waals surface area contributed by atoms with E-state index in [4.69, 9.17) is 0 Å². The Morgan fingerprint density at radius 3 is 2.17 bits per heavy atom. The zero-order valence-electron chi connectivity index (χ0n) is 13.8. The molecule has 0 radical (unpaired) electrons. The second kappa shape index (κ2) is 10.5. The molecule has 3 aromatic rings. The van der Waals surface area contributed by atoms with Crippen molar-refractivity contribution in [2.75, 3.05) is 20.4 Å². The van der Waals surface area contributed by atoms with Gasteiger partial charge in [0.2, 0.25) is 0 Å². The van der Waals surface area contributed by atoms with E-state index in [0.717, 1.165) is 6.54 Å². The Balaban J connectivity index is 0.000000377. The van der Waals surface area contributed by atoms with E-state index in [2.05, 4.69) is 67.7 Å². The Hall–Kier alpha value is -1.25. The van der Waals surface area contributed by atoms with Gasteiger partial charge in [0.25, 0.3) is 0 Å². The molecule has 0 aliphatic heterocycles. The third-order valence-corrected chi connectivity index (χ3v) is 4.04. The molecular formula is C20H23FeNS. The van der Waals surface area contributed by atoms with Crippen molar-refractivity contribution in [1.29, 1.82) is 0 Å². The third-order valence-electron chi connectivity index (χ3n) is 3.30. The zero-order valence-corrected chi connectivity index (χ0v) is 15.8. The van der Waals surface area contributed by atoms with Gasteiger partial charge in [-0.2, -0.15) is 18.2 Å². The first-order valence-corrected chi connectivity index (χ1v) is 8.63. The van der Waals surface area contributed by atoms with Crippen molar-refractivity contribution in [2.45, 2.75) is 11.4 Å². The van der Waals surface area contributed by atoms with Gasteiger partial charge in [-0.1, -0.05) is 17.7 Å². The van der Waals surface area contributed by atoms with Crippen LogP contribution >= 0.6 is 11.8 Å².